The maximum absolute atomic E-state index is 11.9. The van der Waals surface area contributed by atoms with Crippen molar-refractivity contribution in [2.24, 2.45) is 5.84 Å². The third-order valence-electron chi connectivity index (χ3n) is 3.01. The second kappa shape index (κ2) is 6.06. The van der Waals surface area contributed by atoms with Crippen molar-refractivity contribution in [3.63, 3.8) is 0 Å². The van der Waals surface area contributed by atoms with E-state index in [-0.39, 0.29) is 5.56 Å². The van der Waals surface area contributed by atoms with Crippen molar-refractivity contribution >= 4 is 5.91 Å². The Hall–Kier alpha value is -3.19. The second-order valence-electron chi connectivity index (χ2n) is 4.38. The number of aromatic nitrogens is 4. The zero-order valence-electron chi connectivity index (χ0n) is 11.5. The predicted molar refractivity (Wildman–Crippen MR) is 80.1 cm³/mol. The maximum Gasteiger partial charge on any atom is 0.268 e. The minimum Gasteiger partial charge on any atom is -0.290 e. The Morgan fingerprint density at radius 2 is 1.86 bits per heavy atom. The van der Waals surface area contributed by atoms with E-state index in [9.17, 15) is 4.79 Å². The van der Waals surface area contributed by atoms with Crippen molar-refractivity contribution in [3.8, 4) is 22.8 Å². The van der Waals surface area contributed by atoms with Gasteiger partial charge in [-0.25, -0.2) is 15.8 Å². The van der Waals surface area contributed by atoms with Gasteiger partial charge in [0, 0.05) is 30.4 Å². The van der Waals surface area contributed by atoms with Crippen LogP contribution in [-0.2, 0) is 0 Å². The van der Waals surface area contributed by atoms with Crippen LogP contribution in [0.25, 0.3) is 22.8 Å². The van der Waals surface area contributed by atoms with Crippen LogP contribution in [0.4, 0.5) is 0 Å². The molecular formula is C15H12N6O. The number of hydrazine groups is 1. The second-order valence-corrected chi connectivity index (χ2v) is 4.38. The highest BCUT2D eigenvalue weighted by molar-refractivity contribution is 5.99. The smallest absolute Gasteiger partial charge is 0.268 e. The van der Waals surface area contributed by atoms with E-state index < -0.39 is 5.91 Å². The number of hydrogen-bond acceptors (Lipinski definition) is 6. The summed E-state index contributed by atoms with van der Waals surface area (Å²) in [5.74, 6) is 5.19. The topological polar surface area (TPSA) is 107 Å². The molecule has 0 radical (unpaired) electrons. The van der Waals surface area contributed by atoms with Gasteiger partial charge >= 0.3 is 0 Å². The number of nitrogens with one attached hydrogen (secondary N) is 1. The fourth-order valence-corrected chi connectivity index (χ4v) is 1.97. The van der Waals surface area contributed by atoms with Crippen LogP contribution >= 0.6 is 0 Å². The first-order valence-electron chi connectivity index (χ1n) is 6.49. The third kappa shape index (κ3) is 2.65. The molecular weight excluding hydrogens is 280 g/mol. The molecule has 0 aliphatic rings. The fourth-order valence-electron chi connectivity index (χ4n) is 1.97. The minimum atomic E-state index is -0.459. The Labute approximate surface area is 126 Å². The average Bonchev–Trinajstić information content (AvgIpc) is 2.62. The van der Waals surface area contributed by atoms with E-state index in [4.69, 9.17) is 5.84 Å². The SMILES string of the molecule is NNC(=O)c1cnc(-c2ccccn2)nc1-c1ccncc1. The molecule has 0 spiro atoms. The van der Waals surface area contributed by atoms with Gasteiger partial charge in [0.1, 0.15) is 5.69 Å². The number of nitrogens with zero attached hydrogens (tertiary/aromatic N) is 4. The summed E-state index contributed by atoms with van der Waals surface area (Å²) in [4.78, 5) is 28.8. The van der Waals surface area contributed by atoms with Crippen molar-refractivity contribution in [3.05, 3.63) is 60.7 Å². The lowest BCUT2D eigenvalue weighted by atomic mass is 10.1. The molecule has 0 aliphatic carbocycles. The van der Waals surface area contributed by atoms with Gasteiger partial charge in [0.05, 0.1) is 11.3 Å². The molecule has 3 N–H and O–H groups in total. The van der Waals surface area contributed by atoms with Gasteiger partial charge in [-0.05, 0) is 24.3 Å². The van der Waals surface area contributed by atoms with Gasteiger partial charge in [-0.3, -0.25) is 20.2 Å². The van der Waals surface area contributed by atoms with Crippen LogP contribution in [0.15, 0.2) is 55.1 Å². The molecule has 0 bridgehead atoms. The molecule has 0 saturated carbocycles. The van der Waals surface area contributed by atoms with Crippen LogP contribution in [0, 0.1) is 0 Å². The van der Waals surface area contributed by atoms with Crippen LogP contribution in [0.5, 0.6) is 0 Å². The van der Waals surface area contributed by atoms with Crippen molar-refractivity contribution < 1.29 is 4.79 Å². The Morgan fingerprint density at radius 1 is 1.05 bits per heavy atom. The van der Waals surface area contributed by atoms with E-state index in [0.29, 0.717) is 17.2 Å². The first-order chi connectivity index (χ1) is 10.8. The molecule has 0 unspecified atom stereocenters. The van der Waals surface area contributed by atoms with E-state index in [0.717, 1.165) is 5.56 Å². The number of nitrogens with two attached hydrogens (primary N) is 1. The Kier molecular flexibility index (Phi) is 3.80. The van der Waals surface area contributed by atoms with Crippen molar-refractivity contribution in [2.45, 2.75) is 0 Å². The third-order valence-corrected chi connectivity index (χ3v) is 3.01. The molecule has 22 heavy (non-hydrogen) atoms. The van der Waals surface area contributed by atoms with E-state index in [1.165, 1.54) is 6.20 Å². The number of rotatable bonds is 3. The Balaban J connectivity index is 2.17. The molecule has 0 fully saturated rings. The monoisotopic (exact) mass is 292 g/mol. The van der Waals surface area contributed by atoms with E-state index in [2.05, 4.69) is 25.4 Å². The minimum absolute atomic E-state index is 0.286. The molecule has 0 saturated heterocycles. The standard InChI is InChI=1S/C15H12N6O/c16-21-15(22)11-9-19-14(12-3-1-2-6-18-12)20-13(11)10-4-7-17-8-5-10/h1-9H,16H2,(H,21,22). The van der Waals surface area contributed by atoms with Gasteiger partial charge in [-0.2, -0.15) is 0 Å². The average molecular weight is 292 g/mol. The lowest BCUT2D eigenvalue weighted by molar-refractivity contribution is 0.0953. The van der Waals surface area contributed by atoms with E-state index in [1.807, 2.05) is 12.1 Å². The molecule has 3 aromatic heterocycles. The quantitative estimate of drug-likeness (QED) is 0.427. The van der Waals surface area contributed by atoms with Crippen LogP contribution in [0.2, 0.25) is 0 Å². The number of hydrogen-bond donors (Lipinski definition) is 2. The molecule has 0 atom stereocenters. The molecule has 0 aromatic carbocycles. The molecule has 0 aliphatic heterocycles. The number of nitrogen functional groups attached to an aromatic ring is 1. The first kappa shape index (κ1) is 13.8. The largest absolute Gasteiger partial charge is 0.290 e. The number of pyridine rings is 2. The van der Waals surface area contributed by atoms with Gasteiger partial charge in [-0.1, -0.05) is 6.07 Å². The Morgan fingerprint density at radius 3 is 2.55 bits per heavy atom. The van der Waals surface area contributed by atoms with Crippen LogP contribution in [0.3, 0.4) is 0 Å². The molecule has 3 aromatic rings. The number of carbonyl (C=O) groups excluding carboxylic acids is 1. The van der Waals surface area contributed by atoms with Crippen molar-refractivity contribution in [2.75, 3.05) is 0 Å². The summed E-state index contributed by atoms with van der Waals surface area (Å²) >= 11 is 0. The van der Waals surface area contributed by atoms with Gasteiger partial charge in [0.2, 0.25) is 0 Å². The van der Waals surface area contributed by atoms with E-state index >= 15 is 0 Å². The van der Waals surface area contributed by atoms with Crippen molar-refractivity contribution in [1.82, 2.24) is 25.4 Å². The lowest BCUT2D eigenvalue weighted by Crippen LogP contribution is -2.30. The van der Waals surface area contributed by atoms with Crippen molar-refractivity contribution in [1.29, 1.82) is 0 Å². The molecule has 7 heteroatoms. The zero-order valence-corrected chi connectivity index (χ0v) is 11.5. The highest BCUT2D eigenvalue weighted by Crippen LogP contribution is 2.23. The summed E-state index contributed by atoms with van der Waals surface area (Å²) < 4.78 is 0. The highest BCUT2D eigenvalue weighted by Gasteiger charge is 2.16. The Bertz CT molecular complexity index is 792. The van der Waals surface area contributed by atoms with Crippen LogP contribution < -0.4 is 11.3 Å². The number of amides is 1. The fraction of sp³-hybridized carbons (Fsp3) is 0. The number of carbonyl (C=O) groups is 1. The van der Waals surface area contributed by atoms with Gasteiger partial charge in [0.25, 0.3) is 5.91 Å². The van der Waals surface area contributed by atoms with Gasteiger partial charge < -0.3 is 0 Å². The zero-order chi connectivity index (χ0) is 15.4. The summed E-state index contributed by atoms with van der Waals surface area (Å²) in [6.45, 7) is 0. The molecule has 7 nitrogen and oxygen atoms in total. The molecule has 3 heterocycles. The van der Waals surface area contributed by atoms with E-state index in [1.54, 1.807) is 36.8 Å². The predicted octanol–water partition coefficient (Wildman–Crippen LogP) is 1.20. The molecule has 108 valence electrons. The van der Waals surface area contributed by atoms with Crippen LogP contribution in [0.1, 0.15) is 10.4 Å². The summed E-state index contributed by atoms with van der Waals surface area (Å²) in [5, 5.41) is 0. The summed E-state index contributed by atoms with van der Waals surface area (Å²) in [6.07, 6.45) is 6.35. The summed E-state index contributed by atoms with van der Waals surface area (Å²) in [6, 6.07) is 8.98. The molecule has 3 rings (SSSR count). The van der Waals surface area contributed by atoms with Gasteiger partial charge in [-0.15, -0.1) is 0 Å². The first-order valence-corrected chi connectivity index (χ1v) is 6.49. The van der Waals surface area contributed by atoms with Crippen LogP contribution in [-0.4, -0.2) is 25.8 Å². The maximum atomic E-state index is 11.9. The normalized spacial score (nSPS) is 10.2. The lowest BCUT2D eigenvalue weighted by Gasteiger charge is -2.09. The summed E-state index contributed by atoms with van der Waals surface area (Å²) in [5.41, 5.74) is 4.23. The summed E-state index contributed by atoms with van der Waals surface area (Å²) in [7, 11) is 0. The molecule has 1 amide bonds. The highest BCUT2D eigenvalue weighted by atomic mass is 16.2. The van der Waals surface area contributed by atoms with Gasteiger partial charge in [0.15, 0.2) is 5.82 Å².